The molecule has 2 aromatic rings. The highest BCUT2D eigenvalue weighted by Crippen LogP contribution is 2.25. The average molecular weight is 269 g/mol. The number of halogens is 1. The third-order valence-electron chi connectivity index (χ3n) is 1.88. The van der Waals surface area contributed by atoms with Gasteiger partial charge in [-0.3, -0.25) is 0 Å². The first-order chi connectivity index (χ1) is 7.16. The molecule has 0 unspecified atom stereocenters. The third-order valence-corrected chi connectivity index (χ3v) is 2.38. The van der Waals surface area contributed by atoms with E-state index < -0.39 is 0 Å². The Hall–Kier alpha value is -1.63. The molecule has 0 bridgehead atoms. The van der Waals surface area contributed by atoms with Crippen LogP contribution in [-0.2, 0) is 7.05 Å². The van der Waals surface area contributed by atoms with Crippen molar-refractivity contribution in [3.05, 3.63) is 22.7 Å². The van der Waals surface area contributed by atoms with E-state index in [0.29, 0.717) is 11.6 Å². The van der Waals surface area contributed by atoms with E-state index in [0.717, 1.165) is 10.2 Å². The lowest BCUT2D eigenvalue weighted by Crippen LogP contribution is -2.02. The van der Waals surface area contributed by atoms with Crippen LogP contribution < -0.4 is 11.1 Å². The molecule has 0 aliphatic carbocycles. The molecule has 6 nitrogen and oxygen atoms in total. The van der Waals surface area contributed by atoms with Crippen LogP contribution in [0, 0.1) is 0 Å². The van der Waals surface area contributed by atoms with Gasteiger partial charge in [0.1, 0.15) is 0 Å². The first-order valence-corrected chi connectivity index (χ1v) is 5.00. The van der Waals surface area contributed by atoms with Gasteiger partial charge in [0, 0.05) is 11.5 Å². The van der Waals surface area contributed by atoms with Crippen molar-refractivity contribution in [1.82, 2.24) is 20.2 Å². The monoisotopic (exact) mass is 268 g/mol. The van der Waals surface area contributed by atoms with Gasteiger partial charge in [0.25, 0.3) is 0 Å². The number of anilines is 3. The summed E-state index contributed by atoms with van der Waals surface area (Å²) in [5.41, 5.74) is 7.20. The molecule has 0 amide bonds. The molecule has 0 atom stereocenters. The summed E-state index contributed by atoms with van der Waals surface area (Å²) < 4.78 is 2.47. The van der Waals surface area contributed by atoms with Crippen molar-refractivity contribution in [1.29, 1.82) is 0 Å². The van der Waals surface area contributed by atoms with Crippen molar-refractivity contribution in [2.45, 2.75) is 0 Å². The summed E-state index contributed by atoms with van der Waals surface area (Å²) in [6, 6.07) is 5.54. The summed E-state index contributed by atoms with van der Waals surface area (Å²) in [5.74, 6) is 0.541. The molecule has 0 aliphatic rings. The van der Waals surface area contributed by atoms with Gasteiger partial charge < -0.3 is 11.1 Å². The quantitative estimate of drug-likeness (QED) is 0.803. The Morgan fingerprint density at radius 1 is 1.47 bits per heavy atom. The van der Waals surface area contributed by atoms with Crippen LogP contribution in [0.2, 0.25) is 0 Å². The number of nitrogen functional groups attached to an aromatic ring is 1. The fourth-order valence-corrected chi connectivity index (χ4v) is 1.45. The molecule has 3 N–H and O–H groups in total. The minimum Gasteiger partial charge on any atom is -0.397 e. The first kappa shape index (κ1) is 9.91. The predicted octanol–water partition coefficient (Wildman–Crippen LogP) is 1.30. The number of rotatable bonds is 2. The van der Waals surface area contributed by atoms with Crippen LogP contribution in [0.4, 0.5) is 17.3 Å². The van der Waals surface area contributed by atoms with Crippen molar-refractivity contribution in [2.24, 2.45) is 7.05 Å². The fraction of sp³-hybridized carbons (Fsp3) is 0.125. The molecule has 2 rings (SSSR count). The summed E-state index contributed by atoms with van der Waals surface area (Å²) in [4.78, 5) is 0. The molecule has 78 valence electrons. The Morgan fingerprint density at radius 2 is 2.27 bits per heavy atom. The lowest BCUT2D eigenvalue weighted by molar-refractivity contribution is 0.715. The highest BCUT2D eigenvalue weighted by Gasteiger charge is 2.05. The maximum atomic E-state index is 5.79. The normalized spacial score (nSPS) is 10.3. The van der Waals surface area contributed by atoms with Crippen LogP contribution in [0.1, 0.15) is 0 Å². The zero-order valence-electron chi connectivity index (χ0n) is 7.98. The van der Waals surface area contributed by atoms with Crippen LogP contribution in [-0.4, -0.2) is 20.2 Å². The minimum absolute atomic E-state index is 0.541. The second-order valence-electron chi connectivity index (χ2n) is 2.98. The molecule has 7 heteroatoms. The number of benzene rings is 1. The van der Waals surface area contributed by atoms with Gasteiger partial charge >= 0.3 is 0 Å². The molecule has 0 saturated heterocycles. The van der Waals surface area contributed by atoms with Crippen LogP contribution in [0.25, 0.3) is 0 Å². The largest absolute Gasteiger partial charge is 0.397 e. The third kappa shape index (κ3) is 2.07. The lowest BCUT2D eigenvalue weighted by atomic mass is 10.3. The van der Waals surface area contributed by atoms with Crippen LogP contribution in [0.5, 0.6) is 0 Å². The van der Waals surface area contributed by atoms with E-state index in [1.807, 2.05) is 12.1 Å². The number of tetrazole rings is 1. The highest BCUT2D eigenvalue weighted by atomic mass is 79.9. The summed E-state index contributed by atoms with van der Waals surface area (Å²) in [6.07, 6.45) is 0. The number of nitrogens with zero attached hydrogens (tertiary/aromatic N) is 4. The molecule has 0 spiro atoms. The Labute approximate surface area is 94.6 Å². The Bertz CT molecular complexity index is 480. The SMILES string of the molecule is Cn1nnnc1Nc1cc(Br)ccc1N. The van der Waals surface area contributed by atoms with E-state index in [2.05, 4.69) is 36.8 Å². The minimum atomic E-state index is 0.541. The zero-order valence-corrected chi connectivity index (χ0v) is 9.56. The second-order valence-corrected chi connectivity index (χ2v) is 3.90. The summed E-state index contributed by atoms with van der Waals surface area (Å²) in [6.45, 7) is 0. The van der Waals surface area contributed by atoms with Gasteiger partial charge in [-0.05, 0) is 28.6 Å². The Morgan fingerprint density at radius 3 is 2.93 bits per heavy atom. The molecule has 1 aromatic heterocycles. The van der Waals surface area contributed by atoms with Crippen molar-refractivity contribution < 1.29 is 0 Å². The standard InChI is InChI=1S/C8H9BrN6/c1-15-8(12-13-14-15)11-7-4-5(9)2-3-6(7)10/h2-4H,10H2,1H3,(H,11,12,14). The fourth-order valence-electron chi connectivity index (χ4n) is 1.09. The van der Waals surface area contributed by atoms with Gasteiger partial charge in [0.2, 0.25) is 5.95 Å². The summed E-state index contributed by atoms with van der Waals surface area (Å²) >= 11 is 3.36. The van der Waals surface area contributed by atoms with E-state index in [1.165, 1.54) is 4.68 Å². The van der Waals surface area contributed by atoms with Crippen molar-refractivity contribution in [2.75, 3.05) is 11.1 Å². The average Bonchev–Trinajstić information content (AvgIpc) is 2.58. The summed E-state index contributed by atoms with van der Waals surface area (Å²) in [5, 5.41) is 14.1. The Kier molecular flexibility index (Phi) is 2.55. The number of aryl methyl sites for hydroxylation is 1. The van der Waals surface area contributed by atoms with E-state index in [1.54, 1.807) is 13.1 Å². The number of hydrogen-bond acceptors (Lipinski definition) is 5. The van der Waals surface area contributed by atoms with Gasteiger partial charge in [-0.1, -0.05) is 21.0 Å². The number of nitrogens with one attached hydrogen (secondary N) is 1. The number of nitrogens with two attached hydrogens (primary N) is 1. The molecule has 1 aromatic carbocycles. The van der Waals surface area contributed by atoms with E-state index in [4.69, 9.17) is 5.73 Å². The zero-order chi connectivity index (χ0) is 10.8. The second kappa shape index (κ2) is 3.85. The van der Waals surface area contributed by atoms with Gasteiger partial charge in [-0.25, -0.2) is 4.68 Å². The van der Waals surface area contributed by atoms with E-state index >= 15 is 0 Å². The smallest absolute Gasteiger partial charge is 0.247 e. The molecule has 15 heavy (non-hydrogen) atoms. The van der Waals surface area contributed by atoms with Gasteiger partial charge in [0.05, 0.1) is 11.4 Å². The highest BCUT2D eigenvalue weighted by molar-refractivity contribution is 9.10. The van der Waals surface area contributed by atoms with Gasteiger partial charge in [0.15, 0.2) is 0 Å². The molecule has 1 heterocycles. The molecule has 0 aliphatic heterocycles. The van der Waals surface area contributed by atoms with Crippen LogP contribution in [0.15, 0.2) is 22.7 Å². The van der Waals surface area contributed by atoms with Gasteiger partial charge in [-0.2, -0.15) is 0 Å². The van der Waals surface area contributed by atoms with Crippen molar-refractivity contribution in [3.63, 3.8) is 0 Å². The molecule has 0 fully saturated rings. The number of aromatic nitrogens is 4. The Balaban J connectivity index is 2.32. The number of hydrogen-bond donors (Lipinski definition) is 2. The first-order valence-electron chi connectivity index (χ1n) is 4.21. The van der Waals surface area contributed by atoms with Crippen molar-refractivity contribution in [3.8, 4) is 0 Å². The maximum Gasteiger partial charge on any atom is 0.247 e. The molecule has 0 radical (unpaired) electrons. The lowest BCUT2D eigenvalue weighted by Gasteiger charge is -2.07. The molecule has 0 saturated carbocycles. The molecular weight excluding hydrogens is 260 g/mol. The predicted molar refractivity (Wildman–Crippen MR) is 60.6 cm³/mol. The van der Waals surface area contributed by atoms with E-state index in [9.17, 15) is 0 Å². The molecular formula is C8H9BrN6. The van der Waals surface area contributed by atoms with Crippen LogP contribution >= 0.6 is 15.9 Å². The van der Waals surface area contributed by atoms with Crippen LogP contribution in [0.3, 0.4) is 0 Å². The maximum absolute atomic E-state index is 5.79. The van der Waals surface area contributed by atoms with E-state index in [-0.39, 0.29) is 0 Å². The van der Waals surface area contributed by atoms with Gasteiger partial charge in [-0.15, -0.1) is 0 Å². The van der Waals surface area contributed by atoms with Crippen molar-refractivity contribution >= 4 is 33.3 Å². The topological polar surface area (TPSA) is 81.7 Å². The summed E-state index contributed by atoms with van der Waals surface area (Å²) in [7, 11) is 1.75.